The van der Waals surface area contributed by atoms with Gasteiger partial charge in [-0.25, -0.2) is 9.98 Å². The van der Waals surface area contributed by atoms with Crippen molar-refractivity contribution >= 4 is 93.3 Å². The molecule has 12 aromatic rings. The van der Waals surface area contributed by atoms with Gasteiger partial charge in [0.2, 0.25) is 0 Å². The van der Waals surface area contributed by atoms with Gasteiger partial charge >= 0.3 is 0 Å². The molecule has 0 N–H and O–H groups in total. The summed E-state index contributed by atoms with van der Waals surface area (Å²) in [5.74, 6) is 0.752. The predicted molar refractivity (Wildman–Crippen MR) is 274 cm³/mol. The number of hydrogen-bond acceptors (Lipinski definition) is 3. The van der Waals surface area contributed by atoms with E-state index in [9.17, 15) is 0 Å². The fourth-order valence-corrected chi connectivity index (χ4v) is 10.2. The minimum absolute atomic E-state index is 0.0764. The van der Waals surface area contributed by atoms with Gasteiger partial charge in [-0.3, -0.25) is 0 Å². The zero-order valence-electron chi connectivity index (χ0n) is 35.7. The van der Waals surface area contributed by atoms with Gasteiger partial charge in [-0.15, -0.1) is 0 Å². The number of hydrogen-bond donors (Lipinski definition) is 0. The molecule has 2 aromatic heterocycles. The molecule has 4 nitrogen and oxygen atoms in total. The van der Waals surface area contributed by atoms with Gasteiger partial charge in [0.15, 0.2) is 5.84 Å². The first-order chi connectivity index (χ1) is 32.1. The van der Waals surface area contributed by atoms with E-state index in [4.69, 9.17) is 14.4 Å². The number of aliphatic imine (C=N–C) groups is 2. The Balaban J connectivity index is 1.09. The van der Waals surface area contributed by atoms with Gasteiger partial charge in [0.25, 0.3) is 0 Å². The quantitative estimate of drug-likeness (QED) is 0.159. The van der Waals surface area contributed by atoms with Crippen molar-refractivity contribution < 1.29 is 4.42 Å². The van der Waals surface area contributed by atoms with Crippen molar-refractivity contribution in [2.45, 2.75) is 13.3 Å². The summed E-state index contributed by atoms with van der Waals surface area (Å²) < 4.78 is 9.12. The molecule has 0 amide bonds. The topological polar surface area (TPSA) is 42.8 Å². The second kappa shape index (κ2) is 14.9. The lowest BCUT2D eigenvalue weighted by atomic mass is 9.91. The van der Waals surface area contributed by atoms with Gasteiger partial charge in [-0.2, -0.15) is 0 Å². The van der Waals surface area contributed by atoms with E-state index < -0.39 is 0 Å². The molecule has 3 heterocycles. The summed E-state index contributed by atoms with van der Waals surface area (Å²) in [6, 6.07) is 74.0. The maximum absolute atomic E-state index is 6.67. The third-order valence-corrected chi connectivity index (χ3v) is 13.4. The lowest BCUT2D eigenvalue weighted by Crippen LogP contribution is -2.17. The van der Waals surface area contributed by atoms with Crippen LogP contribution in [-0.2, 0) is 0 Å². The zero-order valence-corrected chi connectivity index (χ0v) is 35.7. The van der Waals surface area contributed by atoms with Crippen LogP contribution >= 0.6 is 0 Å². The summed E-state index contributed by atoms with van der Waals surface area (Å²) in [5, 5.41) is 11.7. The second-order valence-electron chi connectivity index (χ2n) is 17.3. The smallest absolute Gasteiger partial charge is 0.160 e. The molecule has 4 heteroatoms. The Labute approximate surface area is 375 Å². The third-order valence-electron chi connectivity index (χ3n) is 13.4. The van der Waals surface area contributed by atoms with E-state index >= 15 is 0 Å². The first-order valence-electron chi connectivity index (χ1n) is 22.5. The van der Waals surface area contributed by atoms with Gasteiger partial charge in [-0.1, -0.05) is 171 Å². The number of nitrogens with zero attached hydrogens (tertiary/aromatic N) is 3. The first-order valence-corrected chi connectivity index (χ1v) is 22.5. The number of allylic oxidation sites excluding steroid dienone is 1. The highest BCUT2D eigenvalue weighted by atomic mass is 16.3. The highest BCUT2D eigenvalue weighted by Gasteiger charge is 2.25. The third kappa shape index (κ3) is 6.13. The van der Waals surface area contributed by atoms with Gasteiger partial charge < -0.3 is 8.98 Å². The Morgan fingerprint density at radius 3 is 2.02 bits per heavy atom. The highest BCUT2D eigenvalue weighted by Crippen LogP contribution is 2.44. The largest absolute Gasteiger partial charge is 0.456 e. The number of benzene rings is 10. The van der Waals surface area contributed by atoms with E-state index in [0.29, 0.717) is 5.84 Å². The van der Waals surface area contributed by atoms with E-state index in [-0.39, 0.29) is 5.92 Å². The van der Waals surface area contributed by atoms with Crippen molar-refractivity contribution in [3.8, 4) is 16.8 Å². The standard InChI is InChI=1S/C61H41N3O/c1-38-26-32-53(62-61(46-29-30-48-44(35-46)28-27-40-16-7-8-21-47(40)48)63-59(38)45-20-13-19-41(34-45)39-14-3-2-4-15-39)50-31-33-57-58(51-23-10-12-25-56(51)65-57)60(50)64-54-24-11-9-22-49(54)52-36-42-17-5-6-18-43(42)37-55(52)64/h2-25,27-38H,26H2,1H3/b53-32+,62-61?,63-59?. The maximum atomic E-state index is 6.67. The van der Waals surface area contributed by atoms with Crippen LogP contribution in [0.15, 0.2) is 227 Å². The van der Waals surface area contributed by atoms with Crippen LogP contribution in [0, 0.1) is 5.92 Å². The van der Waals surface area contributed by atoms with E-state index in [1.807, 2.05) is 6.07 Å². The van der Waals surface area contributed by atoms with Crippen molar-refractivity contribution in [2.75, 3.05) is 0 Å². The summed E-state index contributed by atoms with van der Waals surface area (Å²) >= 11 is 0. The molecule has 65 heavy (non-hydrogen) atoms. The van der Waals surface area contributed by atoms with Crippen LogP contribution in [0.2, 0.25) is 0 Å². The molecule has 306 valence electrons. The number of fused-ring (bicyclic) bond motifs is 10. The lowest BCUT2D eigenvalue weighted by molar-refractivity contribution is 0.669. The van der Waals surface area contributed by atoms with E-state index in [1.165, 1.54) is 43.3 Å². The molecule has 1 unspecified atom stereocenters. The van der Waals surface area contributed by atoms with Crippen LogP contribution in [0.4, 0.5) is 0 Å². The molecule has 0 spiro atoms. The zero-order chi connectivity index (χ0) is 43.0. The van der Waals surface area contributed by atoms with Crippen LogP contribution in [0.3, 0.4) is 0 Å². The summed E-state index contributed by atoms with van der Waals surface area (Å²) in [6.45, 7) is 2.30. The van der Waals surface area contributed by atoms with Crippen molar-refractivity contribution in [2.24, 2.45) is 15.9 Å². The summed E-state index contributed by atoms with van der Waals surface area (Å²) in [7, 11) is 0. The molecule has 0 fully saturated rings. The Kier molecular flexibility index (Phi) is 8.53. The number of aromatic nitrogens is 1. The fraction of sp³-hybridized carbons (Fsp3) is 0.0492. The van der Waals surface area contributed by atoms with Gasteiger partial charge in [-0.05, 0) is 104 Å². The number of rotatable bonds is 5. The summed E-state index contributed by atoms with van der Waals surface area (Å²) in [4.78, 5) is 11.4. The molecular formula is C61H41N3O. The molecule has 1 atom stereocenters. The molecule has 0 bridgehead atoms. The van der Waals surface area contributed by atoms with Crippen LogP contribution in [0.25, 0.3) is 98.6 Å². The molecule has 0 radical (unpaired) electrons. The van der Waals surface area contributed by atoms with Crippen molar-refractivity contribution in [1.82, 2.24) is 4.57 Å². The van der Waals surface area contributed by atoms with Crippen molar-refractivity contribution in [3.05, 3.63) is 229 Å². The molecule has 1 aliphatic rings. The Morgan fingerprint density at radius 1 is 0.446 bits per heavy atom. The highest BCUT2D eigenvalue weighted by molar-refractivity contribution is 6.20. The van der Waals surface area contributed by atoms with E-state index in [0.717, 1.165) is 84.1 Å². The molecule has 1 aliphatic heterocycles. The molecule has 0 aliphatic carbocycles. The number of para-hydroxylation sites is 2. The average molecular weight is 832 g/mol. The van der Waals surface area contributed by atoms with Crippen molar-refractivity contribution in [3.63, 3.8) is 0 Å². The van der Waals surface area contributed by atoms with Crippen LogP contribution < -0.4 is 0 Å². The minimum Gasteiger partial charge on any atom is -0.456 e. The summed E-state index contributed by atoms with van der Waals surface area (Å²) in [5.41, 5.74) is 12.3. The first kappa shape index (κ1) is 37.2. The minimum atomic E-state index is 0.0764. The maximum Gasteiger partial charge on any atom is 0.160 e. The monoisotopic (exact) mass is 831 g/mol. The molecule has 13 rings (SSSR count). The predicted octanol–water partition coefficient (Wildman–Crippen LogP) is 16.1. The van der Waals surface area contributed by atoms with Crippen LogP contribution in [0.5, 0.6) is 0 Å². The van der Waals surface area contributed by atoms with Crippen molar-refractivity contribution in [1.29, 1.82) is 0 Å². The lowest BCUT2D eigenvalue weighted by Gasteiger charge is -2.21. The van der Waals surface area contributed by atoms with Crippen LogP contribution in [-0.4, -0.2) is 16.1 Å². The molecular weight excluding hydrogens is 791 g/mol. The Bertz CT molecular complexity index is 4000. The molecule has 0 saturated heterocycles. The van der Waals surface area contributed by atoms with Gasteiger partial charge in [0.05, 0.1) is 33.5 Å². The van der Waals surface area contributed by atoms with E-state index in [1.54, 1.807) is 0 Å². The fourth-order valence-electron chi connectivity index (χ4n) is 10.2. The Hall–Kier alpha value is -8.34. The van der Waals surface area contributed by atoms with Crippen LogP contribution in [0.1, 0.15) is 30.0 Å². The summed E-state index contributed by atoms with van der Waals surface area (Å²) in [6.07, 6.45) is 3.08. The van der Waals surface area contributed by atoms with E-state index in [2.05, 4.69) is 218 Å². The Morgan fingerprint density at radius 2 is 1.14 bits per heavy atom. The van der Waals surface area contributed by atoms with Gasteiger partial charge in [0.1, 0.15) is 11.2 Å². The molecule has 0 saturated carbocycles. The number of furan rings is 1. The SMILES string of the molecule is CC1C/C=C(\c2ccc3oc4ccccc4c3c2-n2c3ccccc3c3cc4ccccc4cc32)N=C(c2ccc3c(ccc4ccccc43)c2)N=C1c1cccc(-c2ccccc2)c1. The molecule has 10 aromatic carbocycles. The normalized spacial score (nSPS) is 15.4. The second-order valence-corrected chi connectivity index (χ2v) is 17.3. The van der Waals surface area contributed by atoms with Gasteiger partial charge in [0, 0.05) is 33.2 Å². The average Bonchev–Trinajstić information content (AvgIpc) is 3.90. The number of amidine groups is 1.